The Hall–Kier alpha value is -2.55. The van der Waals surface area contributed by atoms with Crippen LogP contribution in [0.1, 0.15) is 31.4 Å². The van der Waals surface area contributed by atoms with Gasteiger partial charge in [0.2, 0.25) is 0 Å². The largest absolute Gasteiger partial charge is 0.481 e. The van der Waals surface area contributed by atoms with Crippen LogP contribution in [0.2, 0.25) is 0 Å². The van der Waals surface area contributed by atoms with Gasteiger partial charge in [0.25, 0.3) is 0 Å². The zero-order valence-electron chi connectivity index (χ0n) is 12.1. The van der Waals surface area contributed by atoms with E-state index in [2.05, 4.69) is 5.32 Å². The highest BCUT2D eigenvalue weighted by molar-refractivity contribution is 5.76. The number of carbonyl (C=O) groups excluding carboxylic acids is 1. The SMILES string of the molecule is CC(CC#N)N(C)C(=O)NC(CC(=O)O)c1ccccc1. The molecule has 0 spiro atoms. The predicted octanol–water partition coefficient (Wildman–Crippen LogP) is 2.15. The fraction of sp³-hybridized carbons (Fsp3) is 0.400. The summed E-state index contributed by atoms with van der Waals surface area (Å²) in [5, 5.41) is 20.3. The Kier molecular flexibility index (Phi) is 6.21. The number of urea groups is 1. The first kappa shape index (κ1) is 16.5. The predicted molar refractivity (Wildman–Crippen MR) is 77.4 cm³/mol. The molecule has 1 aromatic carbocycles. The number of nitrogens with one attached hydrogen (secondary N) is 1. The van der Waals surface area contributed by atoms with E-state index in [4.69, 9.17) is 10.4 Å². The Morgan fingerprint density at radius 3 is 2.52 bits per heavy atom. The molecule has 0 bridgehead atoms. The zero-order chi connectivity index (χ0) is 15.8. The van der Waals surface area contributed by atoms with Gasteiger partial charge in [-0.2, -0.15) is 5.26 Å². The molecule has 0 aromatic heterocycles. The maximum absolute atomic E-state index is 12.1. The molecule has 6 nitrogen and oxygen atoms in total. The molecule has 6 heteroatoms. The quantitative estimate of drug-likeness (QED) is 0.839. The highest BCUT2D eigenvalue weighted by Gasteiger charge is 2.22. The minimum atomic E-state index is -0.989. The summed E-state index contributed by atoms with van der Waals surface area (Å²) in [6, 6.07) is 9.71. The van der Waals surface area contributed by atoms with Crippen molar-refractivity contribution < 1.29 is 14.7 Å². The third-order valence-corrected chi connectivity index (χ3v) is 3.25. The molecular formula is C15H19N3O3. The molecule has 2 atom stereocenters. The fourth-order valence-corrected chi connectivity index (χ4v) is 1.83. The van der Waals surface area contributed by atoms with Crippen LogP contribution in [0.3, 0.4) is 0 Å². The summed E-state index contributed by atoms with van der Waals surface area (Å²) in [6.07, 6.45) is 0.0229. The van der Waals surface area contributed by atoms with Gasteiger partial charge in [0.15, 0.2) is 0 Å². The van der Waals surface area contributed by atoms with Gasteiger partial charge in [-0.15, -0.1) is 0 Å². The van der Waals surface area contributed by atoms with E-state index in [9.17, 15) is 9.59 Å². The van der Waals surface area contributed by atoms with E-state index in [-0.39, 0.29) is 18.9 Å². The number of carboxylic acids is 1. The summed E-state index contributed by atoms with van der Waals surface area (Å²) < 4.78 is 0. The standard InChI is InChI=1S/C15H19N3O3/c1-11(8-9-16)18(2)15(21)17-13(10-14(19)20)12-6-4-3-5-7-12/h3-7,11,13H,8,10H2,1-2H3,(H,17,21)(H,19,20). The van der Waals surface area contributed by atoms with Crippen molar-refractivity contribution in [1.29, 1.82) is 5.26 Å². The van der Waals surface area contributed by atoms with E-state index in [0.29, 0.717) is 0 Å². The molecule has 1 aromatic rings. The van der Waals surface area contributed by atoms with Gasteiger partial charge in [-0.1, -0.05) is 30.3 Å². The lowest BCUT2D eigenvalue weighted by atomic mass is 10.0. The summed E-state index contributed by atoms with van der Waals surface area (Å²) >= 11 is 0. The smallest absolute Gasteiger partial charge is 0.317 e. The number of nitrogens with zero attached hydrogens (tertiary/aromatic N) is 2. The number of nitriles is 1. The van der Waals surface area contributed by atoms with Crippen LogP contribution >= 0.6 is 0 Å². The number of rotatable bonds is 6. The van der Waals surface area contributed by atoms with Gasteiger partial charge in [0, 0.05) is 13.1 Å². The monoisotopic (exact) mass is 289 g/mol. The number of aliphatic carboxylic acids is 1. The highest BCUT2D eigenvalue weighted by Crippen LogP contribution is 2.17. The van der Waals surface area contributed by atoms with Crippen molar-refractivity contribution in [3.05, 3.63) is 35.9 Å². The van der Waals surface area contributed by atoms with Crippen molar-refractivity contribution in [3.8, 4) is 6.07 Å². The Labute approximate surface area is 124 Å². The van der Waals surface area contributed by atoms with Gasteiger partial charge in [-0.05, 0) is 12.5 Å². The topological polar surface area (TPSA) is 93.4 Å². The van der Waals surface area contributed by atoms with Crippen LogP contribution < -0.4 is 5.32 Å². The lowest BCUT2D eigenvalue weighted by Gasteiger charge is -2.26. The maximum Gasteiger partial charge on any atom is 0.317 e. The Morgan fingerprint density at radius 2 is 2.00 bits per heavy atom. The van der Waals surface area contributed by atoms with Crippen molar-refractivity contribution in [1.82, 2.24) is 10.2 Å². The molecule has 1 rings (SSSR count). The van der Waals surface area contributed by atoms with Crippen LogP contribution in [0.4, 0.5) is 4.79 Å². The number of hydrogen-bond acceptors (Lipinski definition) is 3. The second-order valence-corrected chi connectivity index (χ2v) is 4.83. The minimum absolute atomic E-state index is 0.198. The normalized spacial score (nSPS) is 12.8. The molecule has 0 heterocycles. The zero-order valence-corrected chi connectivity index (χ0v) is 12.1. The van der Waals surface area contributed by atoms with Gasteiger partial charge >= 0.3 is 12.0 Å². The van der Waals surface area contributed by atoms with Crippen molar-refractivity contribution >= 4 is 12.0 Å². The molecule has 2 N–H and O–H groups in total. The first-order chi connectivity index (χ1) is 9.95. The fourth-order valence-electron chi connectivity index (χ4n) is 1.83. The van der Waals surface area contributed by atoms with Gasteiger partial charge in [-0.3, -0.25) is 4.79 Å². The first-order valence-corrected chi connectivity index (χ1v) is 6.62. The number of carboxylic acid groups (broad SMARTS) is 1. The van der Waals surface area contributed by atoms with E-state index < -0.39 is 18.0 Å². The van der Waals surface area contributed by atoms with E-state index >= 15 is 0 Å². The summed E-state index contributed by atoms with van der Waals surface area (Å²) in [6.45, 7) is 1.76. The molecule has 112 valence electrons. The van der Waals surface area contributed by atoms with Gasteiger partial charge in [-0.25, -0.2) is 4.79 Å². The van der Waals surface area contributed by atoms with Gasteiger partial charge in [0.1, 0.15) is 0 Å². The lowest BCUT2D eigenvalue weighted by molar-refractivity contribution is -0.137. The summed E-state index contributed by atoms with van der Waals surface area (Å²) in [5.41, 5.74) is 0.731. The van der Waals surface area contributed by atoms with Crippen LogP contribution in [-0.2, 0) is 4.79 Å². The Balaban J connectivity index is 2.80. The summed E-state index contributed by atoms with van der Waals surface area (Å²) in [7, 11) is 1.58. The number of benzene rings is 1. The van der Waals surface area contributed by atoms with Crippen molar-refractivity contribution in [2.75, 3.05) is 7.05 Å². The van der Waals surface area contributed by atoms with Crippen molar-refractivity contribution in [3.63, 3.8) is 0 Å². The lowest BCUT2D eigenvalue weighted by Crippen LogP contribution is -2.44. The number of hydrogen-bond donors (Lipinski definition) is 2. The molecule has 0 saturated heterocycles. The second kappa shape index (κ2) is 7.90. The van der Waals surface area contributed by atoms with Gasteiger partial charge < -0.3 is 15.3 Å². The molecule has 0 aliphatic rings. The van der Waals surface area contributed by atoms with E-state index in [1.54, 1.807) is 38.2 Å². The summed E-state index contributed by atoms with van der Waals surface area (Å²) in [4.78, 5) is 24.5. The highest BCUT2D eigenvalue weighted by atomic mass is 16.4. The molecule has 2 unspecified atom stereocenters. The Bertz CT molecular complexity index is 525. The third kappa shape index (κ3) is 5.15. The minimum Gasteiger partial charge on any atom is -0.481 e. The van der Waals surface area contributed by atoms with Crippen LogP contribution in [0, 0.1) is 11.3 Å². The van der Waals surface area contributed by atoms with Crippen molar-refractivity contribution in [2.45, 2.75) is 31.8 Å². The van der Waals surface area contributed by atoms with Crippen LogP contribution in [0.15, 0.2) is 30.3 Å². The number of amides is 2. The van der Waals surface area contributed by atoms with Crippen molar-refractivity contribution in [2.24, 2.45) is 0 Å². The molecule has 2 amide bonds. The molecule has 0 radical (unpaired) electrons. The average Bonchev–Trinajstić information content (AvgIpc) is 2.46. The maximum atomic E-state index is 12.1. The molecule has 0 aliphatic heterocycles. The van der Waals surface area contributed by atoms with Crippen LogP contribution in [0.5, 0.6) is 0 Å². The van der Waals surface area contributed by atoms with Crippen LogP contribution in [0.25, 0.3) is 0 Å². The molecule has 0 fully saturated rings. The van der Waals surface area contributed by atoms with E-state index in [1.165, 1.54) is 4.90 Å². The molecule has 21 heavy (non-hydrogen) atoms. The van der Waals surface area contributed by atoms with E-state index in [0.717, 1.165) is 5.56 Å². The summed E-state index contributed by atoms with van der Waals surface area (Å²) in [5.74, 6) is -0.989. The average molecular weight is 289 g/mol. The molecule has 0 saturated carbocycles. The van der Waals surface area contributed by atoms with Crippen LogP contribution in [-0.4, -0.2) is 35.1 Å². The van der Waals surface area contributed by atoms with E-state index in [1.807, 2.05) is 12.1 Å². The molecular weight excluding hydrogens is 270 g/mol. The third-order valence-electron chi connectivity index (χ3n) is 3.25. The van der Waals surface area contributed by atoms with Gasteiger partial charge in [0.05, 0.1) is 25.0 Å². The first-order valence-electron chi connectivity index (χ1n) is 6.62. The Morgan fingerprint density at radius 1 is 1.38 bits per heavy atom. The second-order valence-electron chi connectivity index (χ2n) is 4.83. The number of carbonyl (C=O) groups is 2. The molecule has 0 aliphatic carbocycles.